The number of hydrogen-bond donors (Lipinski definition) is 1. The van der Waals surface area contributed by atoms with Crippen LogP contribution in [0.4, 0.5) is 0 Å². The van der Waals surface area contributed by atoms with Crippen LogP contribution >= 0.6 is 11.8 Å². The number of hydrogen-bond acceptors (Lipinski definition) is 2. The minimum atomic E-state index is -0.191. The molecule has 0 bridgehead atoms. The van der Waals surface area contributed by atoms with Crippen molar-refractivity contribution in [1.82, 2.24) is 0 Å². The molecule has 0 aliphatic carbocycles. The van der Waals surface area contributed by atoms with Crippen molar-refractivity contribution in [3.8, 4) is 0 Å². The molecule has 1 unspecified atom stereocenters. The molecule has 0 radical (unpaired) electrons. The smallest absolute Gasteiger partial charge is 0.0588 e. The summed E-state index contributed by atoms with van der Waals surface area (Å²) in [6.07, 6.45) is 3.54. The monoisotopic (exact) mass is 210 g/mol. The van der Waals surface area contributed by atoms with Gasteiger partial charge in [0, 0.05) is 0 Å². The van der Waals surface area contributed by atoms with Gasteiger partial charge < -0.3 is 5.11 Å². The zero-order valence-corrected chi connectivity index (χ0v) is 9.68. The zero-order valence-electron chi connectivity index (χ0n) is 8.86. The Morgan fingerprint density at radius 1 is 1.43 bits per heavy atom. The van der Waals surface area contributed by atoms with Gasteiger partial charge in [-0.1, -0.05) is 29.8 Å². The number of rotatable bonds is 5. The van der Waals surface area contributed by atoms with Crippen LogP contribution in [0.25, 0.3) is 0 Å². The summed E-state index contributed by atoms with van der Waals surface area (Å²) in [6.45, 7) is 2.08. The Balaban J connectivity index is 2.43. The molecule has 0 fully saturated rings. The maximum atomic E-state index is 9.71. The van der Waals surface area contributed by atoms with Gasteiger partial charge in [0.1, 0.15) is 0 Å². The van der Waals surface area contributed by atoms with E-state index in [1.807, 2.05) is 6.07 Å². The van der Waals surface area contributed by atoms with Gasteiger partial charge >= 0.3 is 0 Å². The Morgan fingerprint density at radius 3 is 2.86 bits per heavy atom. The molecule has 0 saturated carbocycles. The molecule has 1 N–H and O–H groups in total. The lowest BCUT2D eigenvalue weighted by atomic mass is 10.0. The van der Waals surface area contributed by atoms with Crippen molar-refractivity contribution in [2.45, 2.75) is 25.9 Å². The highest BCUT2D eigenvalue weighted by Gasteiger charge is 2.04. The maximum absolute atomic E-state index is 9.71. The standard InChI is InChI=1S/C12H18OS/c1-10-4-3-5-11(8-10)9-12(13)6-7-14-2/h3-5,8,12-13H,6-7,9H2,1-2H3. The van der Waals surface area contributed by atoms with Gasteiger partial charge in [-0.2, -0.15) is 11.8 Å². The second kappa shape index (κ2) is 6.10. The van der Waals surface area contributed by atoms with Crippen molar-refractivity contribution in [3.05, 3.63) is 35.4 Å². The largest absolute Gasteiger partial charge is 0.393 e. The van der Waals surface area contributed by atoms with E-state index in [1.54, 1.807) is 11.8 Å². The van der Waals surface area contributed by atoms with E-state index < -0.39 is 0 Å². The minimum absolute atomic E-state index is 0.191. The van der Waals surface area contributed by atoms with E-state index >= 15 is 0 Å². The van der Waals surface area contributed by atoms with Gasteiger partial charge in [0.05, 0.1) is 6.10 Å². The van der Waals surface area contributed by atoms with Crippen molar-refractivity contribution in [3.63, 3.8) is 0 Å². The fourth-order valence-corrected chi connectivity index (χ4v) is 1.97. The molecule has 0 aliphatic rings. The van der Waals surface area contributed by atoms with Crippen LogP contribution in [0.1, 0.15) is 17.5 Å². The van der Waals surface area contributed by atoms with E-state index in [9.17, 15) is 5.11 Å². The summed E-state index contributed by atoms with van der Waals surface area (Å²) >= 11 is 1.78. The fourth-order valence-electron chi connectivity index (χ4n) is 1.47. The molecule has 0 aliphatic heterocycles. The summed E-state index contributed by atoms with van der Waals surface area (Å²) in [6, 6.07) is 8.35. The van der Waals surface area contributed by atoms with Crippen molar-refractivity contribution in [2.75, 3.05) is 12.0 Å². The van der Waals surface area contributed by atoms with Crippen LogP contribution in [0.5, 0.6) is 0 Å². The molecule has 1 aromatic rings. The van der Waals surface area contributed by atoms with E-state index in [-0.39, 0.29) is 6.10 Å². The van der Waals surface area contributed by atoms with E-state index in [0.717, 1.165) is 18.6 Å². The molecule has 78 valence electrons. The summed E-state index contributed by atoms with van der Waals surface area (Å²) in [7, 11) is 0. The topological polar surface area (TPSA) is 20.2 Å². The zero-order chi connectivity index (χ0) is 10.4. The van der Waals surface area contributed by atoms with Gasteiger partial charge in [0.15, 0.2) is 0 Å². The molecule has 0 spiro atoms. The molecule has 2 heteroatoms. The molecule has 1 aromatic carbocycles. The van der Waals surface area contributed by atoms with Crippen LogP contribution in [0.3, 0.4) is 0 Å². The lowest BCUT2D eigenvalue weighted by Gasteiger charge is -2.09. The number of aliphatic hydroxyl groups excluding tert-OH is 1. The average molecular weight is 210 g/mol. The first-order valence-electron chi connectivity index (χ1n) is 4.95. The molecule has 0 amide bonds. The Labute approximate surface area is 90.5 Å². The van der Waals surface area contributed by atoms with E-state index in [4.69, 9.17) is 0 Å². The Kier molecular flexibility index (Phi) is 5.05. The van der Waals surface area contributed by atoms with Gasteiger partial charge in [-0.3, -0.25) is 0 Å². The minimum Gasteiger partial charge on any atom is -0.393 e. The van der Waals surface area contributed by atoms with Gasteiger partial charge in [0.25, 0.3) is 0 Å². The summed E-state index contributed by atoms with van der Waals surface area (Å²) in [5.74, 6) is 1.03. The van der Waals surface area contributed by atoms with Crippen LogP contribution < -0.4 is 0 Å². The van der Waals surface area contributed by atoms with Crippen molar-refractivity contribution >= 4 is 11.8 Å². The van der Waals surface area contributed by atoms with Gasteiger partial charge in [-0.25, -0.2) is 0 Å². The molecular weight excluding hydrogens is 192 g/mol. The molecule has 1 atom stereocenters. The Bertz CT molecular complexity index is 273. The average Bonchev–Trinajstić information content (AvgIpc) is 2.15. The lowest BCUT2D eigenvalue weighted by molar-refractivity contribution is 0.172. The normalized spacial score (nSPS) is 12.8. The first-order valence-corrected chi connectivity index (χ1v) is 6.34. The van der Waals surface area contributed by atoms with Crippen molar-refractivity contribution < 1.29 is 5.11 Å². The molecule has 0 saturated heterocycles. The quantitative estimate of drug-likeness (QED) is 0.806. The van der Waals surface area contributed by atoms with Crippen LogP contribution in [0, 0.1) is 6.92 Å². The summed E-state index contributed by atoms with van der Waals surface area (Å²) in [5.41, 5.74) is 2.50. The highest BCUT2D eigenvalue weighted by molar-refractivity contribution is 7.98. The highest BCUT2D eigenvalue weighted by atomic mass is 32.2. The predicted molar refractivity (Wildman–Crippen MR) is 63.9 cm³/mol. The number of aryl methyl sites for hydroxylation is 1. The summed E-state index contributed by atoms with van der Waals surface area (Å²) in [5, 5.41) is 9.71. The third-order valence-corrected chi connectivity index (χ3v) is 2.85. The van der Waals surface area contributed by atoms with Gasteiger partial charge in [-0.05, 0) is 37.3 Å². The van der Waals surface area contributed by atoms with Crippen LogP contribution in [0.15, 0.2) is 24.3 Å². The summed E-state index contributed by atoms with van der Waals surface area (Å²) in [4.78, 5) is 0. The number of benzene rings is 1. The van der Waals surface area contributed by atoms with Gasteiger partial charge in [-0.15, -0.1) is 0 Å². The molecular formula is C12H18OS. The van der Waals surface area contributed by atoms with E-state index in [1.165, 1.54) is 11.1 Å². The predicted octanol–water partition coefficient (Wildman–Crippen LogP) is 2.65. The highest BCUT2D eigenvalue weighted by Crippen LogP contribution is 2.10. The molecule has 14 heavy (non-hydrogen) atoms. The van der Waals surface area contributed by atoms with E-state index in [2.05, 4.69) is 31.4 Å². The third kappa shape index (κ3) is 4.16. The first kappa shape index (κ1) is 11.6. The second-order valence-electron chi connectivity index (χ2n) is 3.63. The molecule has 1 rings (SSSR count). The maximum Gasteiger partial charge on any atom is 0.0588 e. The Morgan fingerprint density at radius 2 is 2.21 bits per heavy atom. The van der Waals surface area contributed by atoms with E-state index in [0.29, 0.717) is 0 Å². The molecule has 0 heterocycles. The summed E-state index contributed by atoms with van der Waals surface area (Å²) < 4.78 is 0. The molecule has 0 aromatic heterocycles. The SMILES string of the molecule is CSCCC(O)Cc1cccc(C)c1. The van der Waals surface area contributed by atoms with Crippen molar-refractivity contribution in [2.24, 2.45) is 0 Å². The number of aliphatic hydroxyl groups is 1. The van der Waals surface area contributed by atoms with Crippen LogP contribution in [-0.2, 0) is 6.42 Å². The first-order chi connectivity index (χ1) is 6.72. The lowest BCUT2D eigenvalue weighted by Crippen LogP contribution is -2.11. The van der Waals surface area contributed by atoms with Crippen LogP contribution in [-0.4, -0.2) is 23.2 Å². The molecule has 1 nitrogen and oxygen atoms in total. The van der Waals surface area contributed by atoms with Gasteiger partial charge in [0.2, 0.25) is 0 Å². The number of thioether (sulfide) groups is 1. The fraction of sp³-hybridized carbons (Fsp3) is 0.500. The Hall–Kier alpha value is -0.470. The third-order valence-electron chi connectivity index (χ3n) is 2.21. The van der Waals surface area contributed by atoms with Crippen molar-refractivity contribution in [1.29, 1.82) is 0 Å². The second-order valence-corrected chi connectivity index (χ2v) is 4.61. The van der Waals surface area contributed by atoms with Crippen LogP contribution in [0.2, 0.25) is 0 Å².